The molecule has 6 aromatic rings. The van der Waals surface area contributed by atoms with E-state index in [0.29, 0.717) is 0 Å². The Morgan fingerprint density at radius 2 is 1.55 bits per heavy atom. The van der Waals surface area contributed by atoms with Gasteiger partial charge in [-0.1, -0.05) is 36.4 Å². The van der Waals surface area contributed by atoms with Crippen molar-refractivity contribution in [3.8, 4) is 5.69 Å². The number of rotatable bonds is 1. The summed E-state index contributed by atoms with van der Waals surface area (Å²) < 4.78 is 10.8. The van der Waals surface area contributed by atoms with Gasteiger partial charge in [-0.05, 0) is 54.3 Å². The van der Waals surface area contributed by atoms with Crippen LogP contribution in [0.1, 0.15) is 11.4 Å². The van der Waals surface area contributed by atoms with Gasteiger partial charge >= 0.3 is 0 Å². The number of imidazole rings is 1. The Balaban J connectivity index is 1.76. The Labute approximate surface area is 168 Å². The Morgan fingerprint density at radius 1 is 0.759 bits per heavy atom. The van der Waals surface area contributed by atoms with E-state index in [0.717, 1.165) is 11.2 Å². The van der Waals surface area contributed by atoms with Gasteiger partial charge in [0.05, 0.1) is 7.05 Å². The van der Waals surface area contributed by atoms with Crippen LogP contribution in [0.4, 0.5) is 0 Å². The standard InChI is InChI=1S/C26H21N2O/c1-16-8-4-6-10-22(16)28-17(2)27(3)26-20-15-25-21(14-18(20)12-13-23(26)28)19-9-5-7-11-24(19)29-25/h4-15H,1-3H3/q+1. The molecular formula is C26H21N2O+. The average molecular weight is 377 g/mol. The Kier molecular flexibility index (Phi) is 3.22. The maximum absolute atomic E-state index is 6.17. The van der Waals surface area contributed by atoms with Crippen LogP contribution < -0.4 is 4.57 Å². The highest BCUT2D eigenvalue weighted by atomic mass is 16.3. The van der Waals surface area contributed by atoms with E-state index in [2.05, 4.69) is 90.7 Å². The van der Waals surface area contributed by atoms with Gasteiger partial charge in [0.25, 0.3) is 5.82 Å². The molecule has 4 aromatic carbocycles. The van der Waals surface area contributed by atoms with Crippen molar-refractivity contribution in [3.05, 3.63) is 84.2 Å². The molecule has 6 rings (SSSR count). The fourth-order valence-corrected chi connectivity index (χ4v) is 4.65. The highest BCUT2D eigenvalue weighted by molar-refractivity contribution is 6.14. The lowest BCUT2D eigenvalue weighted by Crippen LogP contribution is -2.31. The van der Waals surface area contributed by atoms with Crippen molar-refractivity contribution in [1.82, 2.24) is 4.57 Å². The molecule has 3 nitrogen and oxygen atoms in total. The zero-order valence-corrected chi connectivity index (χ0v) is 16.7. The summed E-state index contributed by atoms with van der Waals surface area (Å²) in [5.74, 6) is 1.20. The molecule has 0 atom stereocenters. The molecule has 0 saturated heterocycles. The molecule has 0 fully saturated rings. The third-order valence-electron chi connectivity index (χ3n) is 6.21. The maximum atomic E-state index is 6.17. The van der Waals surface area contributed by atoms with Gasteiger partial charge < -0.3 is 4.42 Å². The molecule has 0 aliphatic heterocycles. The first-order valence-corrected chi connectivity index (χ1v) is 9.94. The van der Waals surface area contributed by atoms with Crippen LogP contribution in [0.15, 0.2) is 77.2 Å². The van der Waals surface area contributed by atoms with Gasteiger partial charge in [-0.2, -0.15) is 4.57 Å². The first-order valence-electron chi connectivity index (χ1n) is 9.94. The van der Waals surface area contributed by atoms with Crippen LogP contribution in [0.3, 0.4) is 0 Å². The van der Waals surface area contributed by atoms with E-state index < -0.39 is 0 Å². The molecule has 0 N–H and O–H groups in total. The third-order valence-corrected chi connectivity index (χ3v) is 6.21. The quantitative estimate of drug-likeness (QED) is 0.316. The minimum atomic E-state index is 0.937. The van der Waals surface area contributed by atoms with Gasteiger partial charge in [0, 0.05) is 23.1 Å². The fourth-order valence-electron chi connectivity index (χ4n) is 4.65. The van der Waals surface area contributed by atoms with Gasteiger partial charge in [0.2, 0.25) is 0 Å². The normalized spacial score (nSPS) is 12.0. The van der Waals surface area contributed by atoms with Crippen LogP contribution in [0, 0.1) is 13.8 Å². The van der Waals surface area contributed by atoms with Gasteiger partial charge in [0.15, 0.2) is 11.0 Å². The topological polar surface area (TPSA) is 21.9 Å². The van der Waals surface area contributed by atoms with Crippen LogP contribution in [0.5, 0.6) is 0 Å². The summed E-state index contributed by atoms with van der Waals surface area (Å²) in [5, 5.41) is 4.79. The summed E-state index contributed by atoms with van der Waals surface area (Å²) in [5.41, 5.74) is 6.80. The monoisotopic (exact) mass is 377 g/mol. The zero-order valence-electron chi connectivity index (χ0n) is 16.7. The van der Waals surface area contributed by atoms with E-state index in [4.69, 9.17) is 4.42 Å². The molecule has 0 amide bonds. The molecule has 0 spiro atoms. The number of benzene rings is 4. The van der Waals surface area contributed by atoms with Gasteiger partial charge in [-0.3, -0.25) is 0 Å². The molecular weight excluding hydrogens is 356 g/mol. The van der Waals surface area contributed by atoms with Crippen LogP contribution in [0.2, 0.25) is 0 Å². The van der Waals surface area contributed by atoms with Gasteiger partial charge in [-0.25, -0.2) is 4.57 Å². The number of hydrogen-bond donors (Lipinski definition) is 0. The maximum Gasteiger partial charge on any atom is 0.259 e. The largest absolute Gasteiger partial charge is 0.456 e. The smallest absolute Gasteiger partial charge is 0.259 e. The minimum Gasteiger partial charge on any atom is -0.456 e. The van der Waals surface area contributed by atoms with Crippen LogP contribution in [-0.2, 0) is 7.05 Å². The lowest BCUT2D eigenvalue weighted by atomic mass is 10.0. The molecule has 0 bridgehead atoms. The first-order chi connectivity index (χ1) is 14.1. The summed E-state index contributed by atoms with van der Waals surface area (Å²) >= 11 is 0. The van der Waals surface area contributed by atoms with Crippen molar-refractivity contribution >= 4 is 43.7 Å². The van der Waals surface area contributed by atoms with Crippen LogP contribution in [0.25, 0.3) is 49.4 Å². The molecule has 0 unspecified atom stereocenters. The van der Waals surface area contributed by atoms with E-state index in [1.165, 1.54) is 49.7 Å². The Bertz CT molecular complexity index is 1580. The minimum absolute atomic E-state index is 0.937. The Hall–Kier alpha value is -3.59. The van der Waals surface area contributed by atoms with E-state index in [1.54, 1.807) is 0 Å². The Morgan fingerprint density at radius 3 is 2.41 bits per heavy atom. The summed E-state index contributed by atoms with van der Waals surface area (Å²) in [6.45, 7) is 4.34. The lowest BCUT2D eigenvalue weighted by Gasteiger charge is -2.03. The molecule has 0 saturated carbocycles. The van der Waals surface area contributed by atoms with E-state index >= 15 is 0 Å². The van der Waals surface area contributed by atoms with Crippen molar-refractivity contribution in [3.63, 3.8) is 0 Å². The molecule has 0 aliphatic carbocycles. The van der Waals surface area contributed by atoms with E-state index in [9.17, 15) is 0 Å². The molecule has 0 aliphatic rings. The van der Waals surface area contributed by atoms with Crippen molar-refractivity contribution in [2.24, 2.45) is 7.05 Å². The second-order valence-electron chi connectivity index (χ2n) is 7.83. The number of furan rings is 1. The number of para-hydroxylation sites is 2. The molecule has 3 heteroatoms. The van der Waals surface area contributed by atoms with Crippen molar-refractivity contribution in [1.29, 1.82) is 0 Å². The number of aryl methyl sites for hydroxylation is 2. The van der Waals surface area contributed by atoms with Crippen molar-refractivity contribution < 1.29 is 8.98 Å². The number of hydrogen-bond acceptors (Lipinski definition) is 1. The second kappa shape index (κ2) is 5.71. The fraction of sp³-hybridized carbons (Fsp3) is 0.115. The summed E-state index contributed by atoms with van der Waals surface area (Å²) in [4.78, 5) is 0. The third kappa shape index (κ3) is 2.16. The number of aromatic nitrogens is 2. The van der Waals surface area contributed by atoms with Gasteiger partial charge in [-0.15, -0.1) is 0 Å². The molecule has 140 valence electrons. The van der Waals surface area contributed by atoms with Crippen LogP contribution >= 0.6 is 0 Å². The highest BCUT2D eigenvalue weighted by Crippen LogP contribution is 2.35. The predicted octanol–water partition coefficient (Wildman–Crippen LogP) is 6.12. The SMILES string of the molecule is Cc1ccccc1-n1c(C)[n+](C)c2c3cc4oc5ccccc5c4cc3ccc21. The molecule has 2 aromatic heterocycles. The van der Waals surface area contributed by atoms with E-state index in [1.807, 2.05) is 12.1 Å². The zero-order chi connectivity index (χ0) is 19.7. The second-order valence-corrected chi connectivity index (χ2v) is 7.83. The van der Waals surface area contributed by atoms with Crippen molar-refractivity contribution in [2.45, 2.75) is 13.8 Å². The van der Waals surface area contributed by atoms with Crippen molar-refractivity contribution in [2.75, 3.05) is 0 Å². The summed E-state index contributed by atoms with van der Waals surface area (Å²) in [6.07, 6.45) is 0. The molecule has 29 heavy (non-hydrogen) atoms. The number of nitrogens with zero attached hydrogens (tertiary/aromatic N) is 2. The summed E-state index contributed by atoms with van der Waals surface area (Å²) in [6, 6.07) is 25.7. The highest BCUT2D eigenvalue weighted by Gasteiger charge is 2.24. The molecule has 2 heterocycles. The number of fused-ring (bicyclic) bond motifs is 6. The van der Waals surface area contributed by atoms with Crippen LogP contribution in [-0.4, -0.2) is 4.57 Å². The lowest BCUT2D eigenvalue weighted by molar-refractivity contribution is -0.651. The van der Waals surface area contributed by atoms with Gasteiger partial charge in [0.1, 0.15) is 16.9 Å². The molecule has 0 radical (unpaired) electrons. The predicted molar refractivity (Wildman–Crippen MR) is 119 cm³/mol. The summed E-state index contributed by atoms with van der Waals surface area (Å²) in [7, 11) is 2.15. The van der Waals surface area contributed by atoms with E-state index in [-0.39, 0.29) is 0 Å². The average Bonchev–Trinajstić information content (AvgIpc) is 3.22. The first kappa shape index (κ1) is 16.4.